The zero-order valence-corrected chi connectivity index (χ0v) is 9.40. The minimum Gasteiger partial charge on any atom is -0.506 e. The molecule has 7 heteroatoms. The quantitative estimate of drug-likeness (QED) is 0.745. The van der Waals surface area contributed by atoms with Crippen LogP contribution in [-0.2, 0) is 4.79 Å². The van der Waals surface area contributed by atoms with Crippen LogP contribution in [0, 0.1) is 0 Å². The number of nitrogens with two attached hydrogens (primary N) is 1. The Kier molecular flexibility index (Phi) is 2.99. The summed E-state index contributed by atoms with van der Waals surface area (Å²) in [5, 5.41) is 18.9. The van der Waals surface area contributed by atoms with Gasteiger partial charge < -0.3 is 25.4 Å². The summed E-state index contributed by atoms with van der Waals surface area (Å²) in [5.74, 6) is -2.10. The molecule has 0 saturated carbocycles. The maximum absolute atomic E-state index is 11.1. The van der Waals surface area contributed by atoms with E-state index < -0.39 is 11.9 Å². The number of ether oxygens (including phenoxy) is 2. The van der Waals surface area contributed by atoms with Crippen molar-refractivity contribution in [3.8, 4) is 17.2 Å². The number of hydrogen-bond acceptors (Lipinski definition) is 5. The minimum atomic E-state index is -1.16. The first-order valence-corrected chi connectivity index (χ1v) is 5.18. The van der Waals surface area contributed by atoms with Gasteiger partial charge in [0.2, 0.25) is 6.79 Å². The minimum absolute atomic E-state index is 0.00366. The molecule has 0 aromatic heterocycles. The zero-order valence-electron chi connectivity index (χ0n) is 8.64. The smallest absolute Gasteiger partial charge is 0.312 e. The molecule has 92 valence electrons. The van der Waals surface area contributed by atoms with E-state index >= 15 is 0 Å². The molecule has 1 aliphatic heterocycles. The normalized spacial score (nSPS) is 14.7. The van der Waals surface area contributed by atoms with Crippen LogP contribution in [0.15, 0.2) is 6.07 Å². The van der Waals surface area contributed by atoms with E-state index in [1.165, 1.54) is 6.07 Å². The van der Waals surface area contributed by atoms with E-state index in [-0.39, 0.29) is 35.4 Å². The number of carboxylic acid groups (broad SMARTS) is 1. The number of aliphatic carboxylic acids is 1. The van der Waals surface area contributed by atoms with Crippen molar-refractivity contribution in [2.45, 2.75) is 5.92 Å². The van der Waals surface area contributed by atoms with Crippen LogP contribution in [0.2, 0.25) is 5.02 Å². The summed E-state index contributed by atoms with van der Waals surface area (Å²) in [6.07, 6.45) is 0. The lowest BCUT2D eigenvalue weighted by Crippen LogP contribution is -2.21. The maximum atomic E-state index is 11.1. The average Bonchev–Trinajstić information content (AvgIpc) is 2.71. The Morgan fingerprint density at radius 1 is 1.59 bits per heavy atom. The lowest BCUT2D eigenvalue weighted by Gasteiger charge is -2.15. The molecule has 4 N–H and O–H groups in total. The molecule has 1 aromatic rings. The van der Waals surface area contributed by atoms with Crippen molar-refractivity contribution in [3.63, 3.8) is 0 Å². The Balaban J connectivity index is 2.63. The fourth-order valence-electron chi connectivity index (χ4n) is 1.69. The summed E-state index contributed by atoms with van der Waals surface area (Å²) in [6, 6.07) is 1.37. The lowest BCUT2D eigenvalue weighted by molar-refractivity contribution is -0.138. The number of fused-ring (bicyclic) bond motifs is 1. The molecule has 0 bridgehead atoms. The van der Waals surface area contributed by atoms with E-state index in [0.29, 0.717) is 5.75 Å². The first-order valence-electron chi connectivity index (χ1n) is 4.80. The second-order valence-corrected chi connectivity index (χ2v) is 3.89. The number of benzene rings is 1. The van der Waals surface area contributed by atoms with Gasteiger partial charge in [0.1, 0.15) is 11.7 Å². The fourth-order valence-corrected chi connectivity index (χ4v) is 1.89. The van der Waals surface area contributed by atoms with Gasteiger partial charge in [-0.25, -0.2) is 0 Å². The summed E-state index contributed by atoms with van der Waals surface area (Å²) in [4.78, 5) is 11.1. The standard InChI is InChI=1S/C10H10ClNO5/c11-5-1-6-9(17-3-16-6)7(8(5)13)4(2-12)10(14)15/h1,4,13H,2-3,12H2,(H,14,15). The second kappa shape index (κ2) is 4.31. The number of phenolic OH excluding ortho intramolecular Hbond substituents is 1. The molecule has 0 aliphatic carbocycles. The third-order valence-electron chi connectivity index (χ3n) is 2.51. The Labute approximate surface area is 102 Å². The highest BCUT2D eigenvalue weighted by atomic mass is 35.5. The SMILES string of the molecule is NCC(C(=O)O)c1c(O)c(Cl)cc2c1OCO2. The molecular formula is C10H10ClNO5. The first kappa shape index (κ1) is 11.8. The van der Waals surface area contributed by atoms with E-state index in [1.54, 1.807) is 0 Å². The van der Waals surface area contributed by atoms with Crippen molar-refractivity contribution < 1.29 is 24.5 Å². The number of aromatic hydroxyl groups is 1. The Hall–Kier alpha value is -1.66. The summed E-state index contributed by atoms with van der Waals surface area (Å²) in [6.45, 7) is -0.224. The van der Waals surface area contributed by atoms with E-state index in [4.69, 9.17) is 31.9 Å². The highest BCUT2D eigenvalue weighted by molar-refractivity contribution is 6.32. The topological polar surface area (TPSA) is 102 Å². The van der Waals surface area contributed by atoms with Gasteiger partial charge >= 0.3 is 5.97 Å². The maximum Gasteiger partial charge on any atom is 0.312 e. The number of carboxylic acids is 1. The van der Waals surface area contributed by atoms with Gasteiger partial charge in [0, 0.05) is 12.6 Å². The predicted octanol–water partition coefficient (Wildman–Crippen LogP) is 0.901. The molecule has 0 amide bonds. The van der Waals surface area contributed by atoms with Gasteiger partial charge in [-0.05, 0) is 0 Å². The summed E-state index contributed by atoms with van der Waals surface area (Å²) >= 11 is 5.78. The third kappa shape index (κ3) is 1.85. The highest BCUT2D eigenvalue weighted by Crippen LogP contribution is 2.47. The number of halogens is 1. The summed E-state index contributed by atoms with van der Waals surface area (Å²) in [5.41, 5.74) is 5.44. The molecule has 1 unspecified atom stereocenters. The van der Waals surface area contributed by atoms with Gasteiger partial charge in [-0.15, -0.1) is 0 Å². The monoisotopic (exact) mass is 259 g/mol. The zero-order chi connectivity index (χ0) is 12.6. The molecular weight excluding hydrogens is 250 g/mol. The van der Waals surface area contributed by atoms with E-state index in [0.717, 1.165) is 0 Å². The van der Waals surface area contributed by atoms with Crippen LogP contribution < -0.4 is 15.2 Å². The first-order chi connectivity index (χ1) is 8.06. The summed E-state index contributed by atoms with van der Waals surface area (Å²) < 4.78 is 10.2. The molecule has 1 aliphatic rings. The van der Waals surface area contributed by atoms with Crippen molar-refractivity contribution in [2.75, 3.05) is 13.3 Å². The highest BCUT2D eigenvalue weighted by Gasteiger charge is 2.32. The lowest BCUT2D eigenvalue weighted by atomic mass is 9.97. The average molecular weight is 260 g/mol. The Morgan fingerprint density at radius 2 is 2.29 bits per heavy atom. The van der Waals surface area contributed by atoms with Crippen LogP contribution in [0.3, 0.4) is 0 Å². The van der Waals surface area contributed by atoms with E-state index in [2.05, 4.69) is 0 Å². The predicted molar refractivity (Wildman–Crippen MR) is 58.7 cm³/mol. The largest absolute Gasteiger partial charge is 0.506 e. The van der Waals surface area contributed by atoms with Crippen LogP contribution in [0.1, 0.15) is 11.5 Å². The van der Waals surface area contributed by atoms with Crippen LogP contribution in [0.25, 0.3) is 0 Å². The van der Waals surface area contributed by atoms with Crippen LogP contribution in [0.5, 0.6) is 17.2 Å². The number of hydrogen-bond donors (Lipinski definition) is 3. The van der Waals surface area contributed by atoms with Gasteiger partial charge in [0.25, 0.3) is 0 Å². The number of phenols is 1. The van der Waals surface area contributed by atoms with Gasteiger partial charge in [-0.2, -0.15) is 0 Å². The van der Waals surface area contributed by atoms with Crippen LogP contribution in [0.4, 0.5) is 0 Å². The Morgan fingerprint density at radius 3 is 2.88 bits per heavy atom. The molecule has 1 aromatic carbocycles. The van der Waals surface area contributed by atoms with Gasteiger partial charge in [0.05, 0.1) is 10.6 Å². The van der Waals surface area contributed by atoms with Gasteiger partial charge in [-0.1, -0.05) is 11.6 Å². The second-order valence-electron chi connectivity index (χ2n) is 3.48. The van der Waals surface area contributed by atoms with Gasteiger partial charge in [-0.3, -0.25) is 4.79 Å². The van der Waals surface area contributed by atoms with E-state index in [9.17, 15) is 9.90 Å². The van der Waals surface area contributed by atoms with Gasteiger partial charge in [0.15, 0.2) is 11.5 Å². The molecule has 0 fully saturated rings. The molecule has 2 rings (SSSR count). The van der Waals surface area contributed by atoms with Crippen molar-refractivity contribution >= 4 is 17.6 Å². The molecule has 0 spiro atoms. The van der Waals surface area contributed by atoms with Crippen molar-refractivity contribution in [1.82, 2.24) is 0 Å². The van der Waals surface area contributed by atoms with E-state index in [1.807, 2.05) is 0 Å². The molecule has 0 radical (unpaired) electrons. The number of carbonyl (C=O) groups is 1. The molecule has 1 atom stereocenters. The fraction of sp³-hybridized carbons (Fsp3) is 0.300. The number of rotatable bonds is 3. The van der Waals surface area contributed by atoms with Crippen LogP contribution >= 0.6 is 11.6 Å². The molecule has 6 nitrogen and oxygen atoms in total. The van der Waals surface area contributed by atoms with Crippen molar-refractivity contribution in [3.05, 3.63) is 16.7 Å². The molecule has 17 heavy (non-hydrogen) atoms. The van der Waals surface area contributed by atoms with Crippen molar-refractivity contribution in [2.24, 2.45) is 5.73 Å². The molecule has 0 saturated heterocycles. The Bertz CT molecular complexity index is 476. The van der Waals surface area contributed by atoms with Crippen molar-refractivity contribution in [1.29, 1.82) is 0 Å². The molecule has 1 heterocycles. The summed E-state index contributed by atoms with van der Waals surface area (Å²) in [7, 11) is 0. The van der Waals surface area contributed by atoms with Crippen LogP contribution in [-0.4, -0.2) is 29.5 Å². The third-order valence-corrected chi connectivity index (χ3v) is 2.80.